The minimum atomic E-state index is -0.319. The molecule has 0 bridgehead atoms. The topological polar surface area (TPSA) is 71.8 Å². The van der Waals surface area contributed by atoms with Crippen molar-refractivity contribution in [1.29, 1.82) is 0 Å². The molecular weight excluding hydrogens is 302 g/mol. The number of nitrogens with one attached hydrogen (secondary N) is 2. The van der Waals surface area contributed by atoms with E-state index >= 15 is 0 Å². The van der Waals surface area contributed by atoms with Crippen LogP contribution >= 0.6 is 0 Å². The molecule has 1 atom stereocenters. The quantitative estimate of drug-likeness (QED) is 0.767. The molecule has 0 saturated carbocycles. The summed E-state index contributed by atoms with van der Waals surface area (Å²) in [6.45, 7) is 4.10. The number of pyridine rings is 1. The molecule has 1 aromatic carbocycles. The molecule has 0 unspecified atom stereocenters. The summed E-state index contributed by atoms with van der Waals surface area (Å²) in [5.74, 6) is 1.48. The zero-order valence-electron chi connectivity index (χ0n) is 13.6. The highest BCUT2D eigenvalue weighted by atomic mass is 16.2. The Morgan fingerprint density at radius 2 is 1.83 bits per heavy atom. The van der Waals surface area contributed by atoms with E-state index in [0.717, 1.165) is 17.1 Å². The molecule has 0 saturated heterocycles. The molecule has 0 radical (unpaired) electrons. The van der Waals surface area contributed by atoms with Crippen LogP contribution in [0.3, 0.4) is 0 Å². The lowest BCUT2D eigenvalue weighted by Crippen LogP contribution is -2.20. The van der Waals surface area contributed by atoms with Gasteiger partial charge in [0.15, 0.2) is 0 Å². The summed E-state index contributed by atoms with van der Waals surface area (Å²) >= 11 is 0. The normalized spacial score (nSPS) is 11.8. The van der Waals surface area contributed by atoms with Crippen molar-refractivity contribution in [2.24, 2.45) is 0 Å². The predicted octanol–water partition coefficient (Wildman–Crippen LogP) is 3.84. The second-order valence-electron chi connectivity index (χ2n) is 5.47. The Morgan fingerprint density at radius 3 is 2.46 bits per heavy atom. The van der Waals surface area contributed by atoms with Gasteiger partial charge in [-0.3, -0.25) is 5.32 Å². The monoisotopic (exact) mass is 321 g/mol. The smallest absolute Gasteiger partial charge is 0.324 e. The average molecular weight is 321 g/mol. The first-order valence-corrected chi connectivity index (χ1v) is 7.72. The molecule has 0 fully saturated rings. The van der Waals surface area contributed by atoms with Gasteiger partial charge in [-0.25, -0.2) is 14.8 Å². The number of hydrogen-bond donors (Lipinski definition) is 2. The summed E-state index contributed by atoms with van der Waals surface area (Å²) in [5, 5.41) is 5.48. The van der Waals surface area contributed by atoms with E-state index < -0.39 is 0 Å². The summed E-state index contributed by atoms with van der Waals surface area (Å²) in [7, 11) is 0. The van der Waals surface area contributed by atoms with E-state index in [1.165, 1.54) is 0 Å². The van der Waals surface area contributed by atoms with Gasteiger partial charge in [-0.05, 0) is 43.7 Å². The van der Waals surface area contributed by atoms with Crippen LogP contribution in [0.1, 0.15) is 24.4 Å². The fourth-order valence-electron chi connectivity index (χ4n) is 2.52. The van der Waals surface area contributed by atoms with Gasteiger partial charge in [-0.2, -0.15) is 0 Å². The highest BCUT2D eigenvalue weighted by molar-refractivity contribution is 5.99. The number of hydrogen-bond acceptors (Lipinski definition) is 3. The van der Waals surface area contributed by atoms with Crippen LogP contribution < -0.4 is 10.6 Å². The number of imidazole rings is 1. The van der Waals surface area contributed by atoms with E-state index in [9.17, 15) is 4.79 Å². The largest absolute Gasteiger partial charge is 0.328 e. The minimum Gasteiger partial charge on any atom is -0.328 e. The lowest BCUT2D eigenvalue weighted by atomic mass is 10.1. The molecule has 0 spiro atoms. The van der Waals surface area contributed by atoms with Crippen molar-refractivity contribution in [1.82, 2.24) is 14.5 Å². The summed E-state index contributed by atoms with van der Waals surface area (Å²) in [5.41, 5.74) is 1.87. The van der Waals surface area contributed by atoms with Gasteiger partial charge in [0.1, 0.15) is 11.6 Å². The molecule has 2 heterocycles. The molecule has 6 nitrogen and oxygen atoms in total. The van der Waals surface area contributed by atoms with E-state index in [4.69, 9.17) is 0 Å². The molecular formula is C18H19N5O. The van der Waals surface area contributed by atoms with Crippen LogP contribution in [0.5, 0.6) is 0 Å². The van der Waals surface area contributed by atoms with Gasteiger partial charge in [-0.15, -0.1) is 0 Å². The summed E-state index contributed by atoms with van der Waals surface area (Å²) in [6, 6.07) is 13.0. The standard InChI is InChI=1S/C18H19N5O/c1-13(23-12-11-19-14(23)2)15-6-8-16(9-7-15)21-18(24)22-17-5-3-4-10-20-17/h3-13H,1-2H3,(H2,20,21,22,24)/t13-/m0/s1. The van der Waals surface area contributed by atoms with Crippen molar-refractivity contribution in [3.05, 3.63) is 72.4 Å². The number of aryl methyl sites for hydroxylation is 1. The Balaban J connectivity index is 1.64. The molecule has 0 aliphatic rings. The van der Waals surface area contributed by atoms with Crippen molar-refractivity contribution in [2.75, 3.05) is 10.6 Å². The summed E-state index contributed by atoms with van der Waals surface area (Å²) in [4.78, 5) is 20.3. The summed E-state index contributed by atoms with van der Waals surface area (Å²) in [6.07, 6.45) is 5.39. The Morgan fingerprint density at radius 1 is 1.04 bits per heavy atom. The van der Waals surface area contributed by atoms with Gasteiger partial charge < -0.3 is 9.88 Å². The van der Waals surface area contributed by atoms with Gasteiger partial charge in [0.05, 0.1) is 6.04 Å². The number of nitrogens with zero attached hydrogens (tertiary/aromatic N) is 3. The van der Waals surface area contributed by atoms with Gasteiger partial charge in [0.2, 0.25) is 0 Å². The fourth-order valence-corrected chi connectivity index (χ4v) is 2.52. The molecule has 2 amide bonds. The van der Waals surface area contributed by atoms with Crippen molar-refractivity contribution >= 4 is 17.5 Å². The van der Waals surface area contributed by atoms with Crippen LogP contribution in [0, 0.1) is 6.92 Å². The Bertz CT molecular complexity index is 811. The van der Waals surface area contributed by atoms with Crippen LogP contribution in [0.15, 0.2) is 61.1 Å². The van der Waals surface area contributed by atoms with Gasteiger partial charge in [-0.1, -0.05) is 18.2 Å². The van der Waals surface area contributed by atoms with Crippen LogP contribution in [-0.4, -0.2) is 20.6 Å². The van der Waals surface area contributed by atoms with Gasteiger partial charge in [0, 0.05) is 24.3 Å². The molecule has 0 aliphatic carbocycles. The second kappa shape index (κ2) is 6.95. The van der Waals surface area contributed by atoms with Crippen molar-refractivity contribution in [3.8, 4) is 0 Å². The molecule has 2 aromatic heterocycles. The average Bonchev–Trinajstić information content (AvgIpc) is 3.02. The minimum absolute atomic E-state index is 0.184. The van der Waals surface area contributed by atoms with E-state index in [2.05, 4.69) is 32.1 Å². The highest BCUT2D eigenvalue weighted by Gasteiger charge is 2.10. The maximum Gasteiger partial charge on any atom is 0.324 e. The maximum absolute atomic E-state index is 12.0. The van der Waals surface area contributed by atoms with Crippen LogP contribution in [0.2, 0.25) is 0 Å². The lowest BCUT2D eigenvalue weighted by Gasteiger charge is -2.16. The molecule has 0 aliphatic heterocycles. The third-order valence-electron chi connectivity index (χ3n) is 3.84. The lowest BCUT2D eigenvalue weighted by molar-refractivity contribution is 0.262. The van der Waals surface area contributed by atoms with Gasteiger partial charge >= 0.3 is 6.03 Å². The first kappa shape index (κ1) is 15.7. The fraction of sp³-hybridized carbons (Fsp3) is 0.167. The molecule has 2 N–H and O–H groups in total. The summed E-state index contributed by atoms with van der Waals surface area (Å²) < 4.78 is 2.11. The van der Waals surface area contributed by atoms with Crippen LogP contribution in [-0.2, 0) is 0 Å². The third-order valence-corrected chi connectivity index (χ3v) is 3.84. The third kappa shape index (κ3) is 3.60. The molecule has 122 valence electrons. The number of urea groups is 1. The first-order valence-electron chi connectivity index (χ1n) is 7.72. The highest BCUT2D eigenvalue weighted by Crippen LogP contribution is 2.21. The van der Waals surface area contributed by atoms with E-state index in [1.807, 2.05) is 43.5 Å². The Kier molecular flexibility index (Phi) is 4.56. The maximum atomic E-state index is 12.0. The Hall–Kier alpha value is -3.15. The zero-order chi connectivity index (χ0) is 16.9. The van der Waals surface area contributed by atoms with Gasteiger partial charge in [0.25, 0.3) is 0 Å². The zero-order valence-corrected chi connectivity index (χ0v) is 13.6. The Labute approximate surface area is 140 Å². The SMILES string of the molecule is Cc1nccn1[C@@H](C)c1ccc(NC(=O)Nc2ccccn2)cc1. The second-order valence-corrected chi connectivity index (χ2v) is 5.47. The number of anilines is 2. The molecule has 3 rings (SSSR count). The predicted molar refractivity (Wildman–Crippen MR) is 94.1 cm³/mol. The number of carbonyl (C=O) groups is 1. The number of amides is 2. The van der Waals surface area contributed by atoms with E-state index in [0.29, 0.717) is 5.82 Å². The van der Waals surface area contributed by atoms with Crippen molar-refractivity contribution in [3.63, 3.8) is 0 Å². The molecule has 6 heteroatoms. The van der Waals surface area contributed by atoms with Crippen LogP contribution in [0.4, 0.5) is 16.3 Å². The van der Waals surface area contributed by atoms with Crippen molar-refractivity contribution in [2.45, 2.75) is 19.9 Å². The first-order chi connectivity index (χ1) is 11.6. The molecule has 24 heavy (non-hydrogen) atoms. The van der Waals surface area contributed by atoms with E-state index in [1.54, 1.807) is 24.5 Å². The number of carbonyl (C=O) groups excluding carboxylic acids is 1. The van der Waals surface area contributed by atoms with E-state index in [-0.39, 0.29) is 12.1 Å². The van der Waals surface area contributed by atoms with Crippen molar-refractivity contribution < 1.29 is 4.79 Å². The number of benzene rings is 1. The number of aromatic nitrogens is 3. The van der Waals surface area contributed by atoms with Crippen LogP contribution in [0.25, 0.3) is 0 Å². The molecule has 3 aromatic rings. The number of rotatable bonds is 4.